The number of ketones is 1. The number of hydrogen-bond acceptors (Lipinski definition) is 4. The van der Waals surface area contributed by atoms with E-state index in [1.807, 2.05) is 60.7 Å². The first-order chi connectivity index (χ1) is 13.7. The number of benzene rings is 2. The van der Waals surface area contributed by atoms with Crippen molar-refractivity contribution in [2.24, 2.45) is 0 Å². The van der Waals surface area contributed by atoms with E-state index in [1.165, 1.54) is 0 Å². The minimum atomic E-state index is -0.0473. The molecular formula is C23H20BrNO3. The van der Waals surface area contributed by atoms with Crippen molar-refractivity contribution in [1.82, 2.24) is 0 Å². The maximum atomic E-state index is 12.5. The van der Waals surface area contributed by atoms with Crippen molar-refractivity contribution in [3.63, 3.8) is 0 Å². The lowest BCUT2D eigenvalue weighted by molar-refractivity contribution is 0.104. The average molecular weight is 438 g/mol. The summed E-state index contributed by atoms with van der Waals surface area (Å²) in [6.07, 6.45) is 3.26. The van der Waals surface area contributed by atoms with E-state index in [0.29, 0.717) is 11.3 Å². The maximum absolute atomic E-state index is 12.5. The van der Waals surface area contributed by atoms with Gasteiger partial charge in [0.1, 0.15) is 11.5 Å². The van der Waals surface area contributed by atoms with E-state index in [1.54, 1.807) is 12.2 Å². The second kappa shape index (κ2) is 8.59. The Morgan fingerprint density at radius 2 is 1.79 bits per heavy atom. The van der Waals surface area contributed by atoms with Gasteiger partial charge in [-0.2, -0.15) is 0 Å². The van der Waals surface area contributed by atoms with Gasteiger partial charge in [-0.25, -0.2) is 0 Å². The molecule has 2 heterocycles. The summed E-state index contributed by atoms with van der Waals surface area (Å²) in [5, 5.41) is 0. The van der Waals surface area contributed by atoms with E-state index < -0.39 is 0 Å². The van der Waals surface area contributed by atoms with Gasteiger partial charge in [0, 0.05) is 34.4 Å². The van der Waals surface area contributed by atoms with Gasteiger partial charge in [0.2, 0.25) is 0 Å². The molecule has 142 valence electrons. The van der Waals surface area contributed by atoms with Crippen LogP contribution < -0.4 is 4.90 Å². The molecule has 0 spiro atoms. The lowest BCUT2D eigenvalue weighted by Gasteiger charge is -2.28. The molecule has 0 aliphatic carbocycles. The summed E-state index contributed by atoms with van der Waals surface area (Å²) in [6.45, 7) is 3.25. The number of hydrogen-bond donors (Lipinski definition) is 0. The summed E-state index contributed by atoms with van der Waals surface area (Å²) in [7, 11) is 0. The fraction of sp³-hybridized carbons (Fsp3) is 0.174. The fourth-order valence-corrected chi connectivity index (χ4v) is 3.55. The number of carbonyl (C=O) groups excluding carboxylic acids is 1. The highest BCUT2D eigenvalue weighted by Crippen LogP contribution is 2.25. The molecular weight excluding hydrogens is 418 g/mol. The third-order valence-electron chi connectivity index (χ3n) is 4.66. The third-order valence-corrected chi connectivity index (χ3v) is 5.16. The molecule has 1 fully saturated rings. The standard InChI is InChI=1S/C23H20BrNO3/c24-19-3-1-2-18(16-19)23-11-9-21(28-23)8-10-22(26)17-4-6-20(7-5-17)25-12-14-27-15-13-25/h1-11,16H,12-15H2. The van der Waals surface area contributed by atoms with Crippen LogP contribution in [0.15, 0.2) is 75.6 Å². The first-order valence-corrected chi connectivity index (χ1v) is 9.99. The summed E-state index contributed by atoms with van der Waals surface area (Å²) in [4.78, 5) is 14.7. The molecule has 0 bridgehead atoms. The van der Waals surface area contributed by atoms with Crippen LogP contribution in [0.3, 0.4) is 0 Å². The van der Waals surface area contributed by atoms with Crippen molar-refractivity contribution in [2.75, 3.05) is 31.2 Å². The SMILES string of the molecule is O=C(C=Cc1ccc(-c2cccc(Br)c2)o1)c1ccc(N2CCOCC2)cc1. The molecule has 3 aromatic rings. The lowest BCUT2D eigenvalue weighted by Crippen LogP contribution is -2.36. The zero-order chi connectivity index (χ0) is 19.3. The summed E-state index contributed by atoms with van der Waals surface area (Å²) >= 11 is 3.46. The first-order valence-electron chi connectivity index (χ1n) is 9.20. The third kappa shape index (κ3) is 4.43. The maximum Gasteiger partial charge on any atom is 0.185 e. The lowest BCUT2D eigenvalue weighted by atomic mass is 10.1. The Morgan fingerprint density at radius 3 is 2.54 bits per heavy atom. The highest BCUT2D eigenvalue weighted by atomic mass is 79.9. The number of ether oxygens (including phenoxy) is 1. The molecule has 0 radical (unpaired) electrons. The quantitative estimate of drug-likeness (QED) is 0.393. The van der Waals surface area contributed by atoms with Gasteiger partial charge < -0.3 is 14.1 Å². The number of nitrogens with zero attached hydrogens (tertiary/aromatic N) is 1. The molecule has 1 saturated heterocycles. The molecule has 0 unspecified atom stereocenters. The van der Waals surface area contributed by atoms with Crippen LogP contribution in [0, 0.1) is 0 Å². The molecule has 1 aliphatic heterocycles. The Bertz CT molecular complexity index is 985. The van der Waals surface area contributed by atoms with Gasteiger partial charge in [-0.05, 0) is 60.7 Å². The normalized spacial score (nSPS) is 14.5. The van der Waals surface area contributed by atoms with Crippen LogP contribution in [0.5, 0.6) is 0 Å². The number of halogens is 1. The van der Waals surface area contributed by atoms with Crippen molar-refractivity contribution in [3.8, 4) is 11.3 Å². The van der Waals surface area contributed by atoms with Crippen molar-refractivity contribution in [1.29, 1.82) is 0 Å². The number of furan rings is 1. The van der Waals surface area contributed by atoms with Gasteiger partial charge in [-0.15, -0.1) is 0 Å². The van der Waals surface area contributed by atoms with Crippen LogP contribution in [0.25, 0.3) is 17.4 Å². The van der Waals surface area contributed by atoms with Crippen LogP contribution in [0.1, 0.15) is 16.1 Å². The molecule has 5 heteroatoms. The predicted molar refractivity (Wildman–Crippen MR) is 115 cm³/mol. The molecule has 4 nitrogen and oxygen atoms in total. The Morgan fingerprint density at radius 1 is 1.00 bits per heavy atom. The van der Waals surface area contributed by atoms with Crippen molar-refractivity contribution < 1.29 is 13.9 Å². The van der Waals surface area contributed by atoms with E-state index in [4.69, 9.17) is 9.15 Å². The Balaban J connectivity index is 1.42. The number of allylic oxidation sites excluding steroid dienone is 1. The number of rotatable bonds is 5. The number of morpholine rings is 1. The zero-order valence-corrected chi connectivity index (χ0v) is 16.9. The molecule has 0 N–H and O–H groups in total. The van der Waals surface area contributed by atoms with Gasteiger partial charge in [0.05, 0.1) is 13.2 Å². The largest absolute Gasteiger partial charge is 0.457 e. The van der Waals surface area contributed by atoms with Crippen molar-refractivity contribution >= 4 is 33.5 Å². The molecule has 1 aromatic heterocycles. The minimum absolute atomic E-state index is 0.0473. The second-order valence-electron chi connectivity index (χ2n) is 6.56. The van der Waals surface area contributed by atoms with E-state index in [9.17, 15) is 4.79 Å². The van der Waals surface area contributed by atoms with E-state index >= 15 is 0 Å². The predicted octanol–water partition coefficient (Wildman–Crippen LogP) is 5.44. The summed E-state index contributed by atoms with van der Waals surface area (Å²) in [6, 6.07) is 19.4. The minimum Gasteiger partial charge on any atom is -0.457 e. The van der Waals surface area contributed by atoms with E-state index in [0.717, 1.165) is 47.8 Å². The Hall–Kier alpha value is -2.63. The fourth-order valence-electron chi connectivity index (χ4n) is 3.15. The second-order valence-corrected chi connectivity index (χ2v) is 7.47. The van der Waals surface area contributed by atoms with E-state index in [2.05, 4.69) is 20.8 Å². The van der Waals surface area contributed by atoms with Crippen molar-refractivity contribution in [2.45, 2.75) is 0 Å². The highest BCUT2D eigenvalue weighted by Gasteiger charge is 2.11. The molecule has 2 aromatic carbocycles. The van der Waals surface area contributed by atoms with Crippen LogP contribution in [0.2, 0.25) is 0 Å². The summed E-state index contributed by atoms with van der Waals surface area (Å²) < 4.78 is 12.2. The molecule has 28 heavy (non-hydrogen) atoms. The number of carbonyl (C=O) groups is 1. The van der Waals surface area contributed by atoms with Crippen molar-refractivity contribution in [3.05, 3.63) is 82.5 Å². The molecule has 0 amide bonds. The first kappa shape index (κ1) is 18.7. The highest BCUT2D eigenvalue weighted by molar-refractivity contribution is 9.10. The summed E-state index contributed by atoms with van der Waals surface area (Å²) in [5.74, 6) is 1.37. The van der Waals surface area contributed by atoms with Crippen LogP contribution >= 0.6 is 15.9 Å². The molecule has 0 atom stereocenters. The van der Waals surface area contributed by atoms with Crippen LogP contribution in [-0.2, 0) is 4.74 Å². The van der Waals surface area contributed by atoms with Gasteiger partial charge in [0.15, 0.2) is 5.78 Å². The molecule has 0 saturated carbocycles. The Kier molecular flexibility index (Phi) is 5.74. The van der Waals surface area contributed by atoms with Gasteiger partial charge in [0.25, 0.3) is 0 Å². The molecule has 1 aliphatic rings. The summed E-state index contributed by atoms with van der Waals surface area (Å²) in [5.41, 5.74) is 2.76. The van der Waals surface area contributed by atoms with Gasteiger partial charge in [-0.1, -0.05) is 28.1 Å². The van der Waals surface area contributed by atoms with Gasteiger partial charge in [-0.3, -0.25) is 4.79 Å². The Labute approximate surface area is 172 Å². The monoisotopic (exact) mass is 437 g/mol. The average Bonchev–Trinajstić information content (AvgIpc) is 3.22. The van der Waals surface area contributed by atoms with Crippen LogP contribution in [-0.4, -0.2) is 32.1 Å². The zero-order valence-electron chi connectivity index (χ0n) is 15.3. The van der Waals surface area contributed by atoms with E-state index in [-0.39, 0.29) is 5.78 Å². The topological polar surface area (TPSA) is 42.7 Å². The number of anilines is 1. The van der Waals surface area contributed by atoms with Gasteiger partial charge >= 0.3 is 0 Å². The smallest absolute Gasteiger partial charge is 0.185 e. The molecule has 4 rings (SSSR count). The van der Waals surface area contributed by atoms with Crippen LogP contribution in [0.4, 0.5) is 5.69 Å².